The molecule has 0 aliphatic heterocycles. The number of aliphatic hydroxyl groups excluding tert-OH is 1. The van der Waals surface area contributed by atoms with Crippen LogP contribution in [0.1, 0.15) is 25.3 Å². The molecule has 4 nitrogen and oxygen atoms in total. The van der Waals surface area contributed by atoms with Crippen LogP contribution < -0.4 is 0 Å². The van der Waals surface area contributed by atoms with Crippen LogP contribution in [0.5, 0.6) is 0 Å². The zero-order chi connectivity index (χ0) is 14.5. The van der Waals surface area contributed by atoms with Crippen molar-refractivity contribution in [1.82, 2.24) is 4.31 Å². The third-order valence-electron chi connectivity index (χ3n) is 2.89. The topological polar surface area (TPSA) is 57.6 Å². The summed E-state index contributed by atoms with van der Waals surface area (Å²) in [5.41, 5.74) is 0.404. The van der Waals surface area contributed by atoms with Crippen LogP contribution in [-0.4, -0.2) is 37.5 Å². The molecule has 0 amide bonds. The van der Waals surface area contributed by atoms with E-state index < -0.39 is 15.8 Å². The number of sulfonamides is 1. The second kappa shape index (κ2) is 6.98. The van der Waals surface area contributed by atoms with Crippen molar-refractivity contribution in [3.8, 4) is 0 Å². The molecule has 0 atom stereocenters. The van der Waals surface area contributed by atoms with Gasteiger partial charge in [0, 0.05) is 13.1 Å². The van der Waals surface area contributed by atoms with Crippen LogP contribution in [0.25, 0.3) is 0 Å². The predicted molar refractivity (Wildman–Crippen MR) is 71.9 cm³/mol. The lowest BCUT2D eigenvalue weighted by Gasteiger charge is -2.21. The minimum atomic E-state index is -3.74. The summed E-state index contributed by atoms with van der Waals surface area (Å²) >= 11 is 0. The average Bonchev–Trinajstić information content (AvgIpc) is 2.37. The summed E-state index contributed by atoms with van der Waals surface area (Å²) in [4.78, 5) is -0.0693. The van der Waals surface area contributed by atoms with Crippen molar-refractivity contribution in [3.63, 3.8) is 0 Å². The van der Waals surface area contributed by atoms with E-state index in [1.165, 1.54) is 16.4 Å². The first-order valence-corrected chi connectivity index (χ1v) is 7.74. The Morgan fingerprint density at radius 2 is 2.00 bits per heavy atom. The summed E-state index contributed by atoms with van der Waals surface area (Å²) < 4.78 is 39.4. The molecule has 1 rings (SSSR count). The fraction of sp³-hybridized carbons (Fsp3) is 0.538. The largest absolute Gasteiger partial charge is 0.395 e. The Kier molecular flexibility index (Phi) is 5.90. The Morgan fingerprint density at radius 3 is 2.53 bits per heavy atom. The Morgan fingerprint density at radius 1 is 1.32 bits per heavy atom. The van der Waals surface area contributed by atoms with Gasteiger partial charge >= 0.3 is 0 Å². The fourth-order valence-corrected chi connectivity index (χ4v) is 3.16. The number of hydrogen-bond acceptors (Lipinski definition) is 3. The van der Waals surface area contributed by atoms with Crippen molar-refractivity contribution in [2.75, 3.05) is 19.7 Å². The third-order valence-corrected chi connectivity index (χ3v) is 4.79. The molecule has 0 bridgehead atoms. The summed E-state index contributed by atoms with van der Waals surface area (Å²) in [7, 11) is -3.74. The molecule has 108 valence electrons. The Labute approximate surface area is 113 Å². The molecule has 0 aliphatic rings. The second-order valence-corrected chi connectivity index (χ2v) is 6.33. The minimum absolute atomic E-state index is 0.0256. The summed E-state index contributed by atoms with van der Waals surface area (Å²) in [6.45, 7) is 3.63. The maximum atomic E-state index is 13.5. The number of benzene rings is 1. The molecule has 6 heteroatoms. The Hall–Kier alpha value is -0.980. The lowest BCUT2D eigenvalue weighted by atomic mass is 10.2. The van der Waals surface area contributed by atoms with Gasteiger partial charge in [-0.2, -0.15) is 4.31 Å². The summed E-state index contributed by atoms with van der Waals surface area (Å²) in [5.74, 6) is -0.541. The van der Waals surface area contributed by atoms with Gasteiger partial charge in [-0.1, -0.05) is 19.4 Å². The van der Waals surface area contributed by atoms with Crippen molar-refractivity contribution < 1.29 is 17.9 Å². The van der Waals surface area contributed by atoms with E-state index in [1.54, 1.807) is 6.92 Å². The molecule has 0 radical (unpaired) electrons. The number of aryl methyl sites for hydroxylation is 1. The highest BCUT2D eigenvalue weighted by Gasteiger charge is 2.24. The number of rotatable bonds is 7. The van der Waals surface area contributed by atoms with Gasteiger partial charge < -0.3 is 5.11 Å². The number of halogens is 1. The number of unbranched alkanes of at least 4 members (excludes halogenated alkanes) is 1. The minimum Gasteiger partial charge on any atom is -0.395 e. The molecule has 19 heavy (non-hydrogen) atoms. The summed E-state index contributed by atoms with van der Waals surface area (Å²) in [6.07, 6.45) is 1.55. The van der Waals surface area contributed by atoms with Crippen LogP contribution in [-0.2, 0) is 10.0 Å². The van der Waals surface area contributed by atoms with Crippen molar-refractivity contribution in [2.45, 2.75) is 31.6 Å². The van der Waals surface area contributed by atoms with Gasteiger partial charge in [0.25, 0.3) is 0 Å². The first-order chi connectivity index (χ1) is 8.93. The summed E-state index contributed by atoms with van der Waals surface area (Å²) in [5, 5.41) is 8.96. The van der Waals surface area contributed by atoms with Gasteiger partial charge in [0.15, 0.2) is 0 Å². The van der Waals surface area contributed by atoms with E-state index in [0.29, 0.717) is 18.5 Å². The molecule has 0 saturated carbocycles. The van der Waals surface area contributed by atoms with E-state index in [1.807, 2.05) is 6.92 Å². The molecule has 1 aromatic rings. The summed E-state index contributed by atoms with van der Waals surface area (Å²) in [6, 6.07) is 3.87. The quantitative estimate of drug-likeness (QED) is 0.834. The first kappa shape index (κ1) is 16.1. The Balaban J connectivity index is 3.07. The van der Waals surface area contributed by atoms with E-state index in [-0.39, 0.29) is 18.0 Å². The van der Waals surface area contributed by atoms with Gasteiger partial charge in [0.05, 0.1) is 11.5 Å². The molecular weight excluding hydrogens is 269 g/mol. The van der Waals surface area contributed by atoms with Crippen LogP contribution in [0.4, 0.5) is 4.39 Å². The monoisotopic (exact) mass is 289 g/mol. The molecular formula is C13H20FNO3S. The standard InChI is InChI=1S/C13H20FNO3S/c1-3-4-7-15(8-9-16)19(17,18)12-6-5-11(2)13(14)10-12/h5-6,10,16H,3-4,7-9H2,1-2H3. The molecule has 0 fully saturated rings. The zero-order valence-electron chi connectivity index (χ0n) is 11.3. The molecule has 0 spiro atoms. The van der Waals surface area contributed by atoms with Crippen LogP contribution in [0.15, 0.2) is 23.1 Å². The molecule has 0 heterocycles. The fourth-order valence-electron chi connectivity index (χ4n) is 1.68. The van der Waals surface area contributed by atoms with Gasteiger partial charge in [-0.3, -0.25) is 0 Å². The zero-order valence-corrected chi connectivity index (χ0v) is 12.1. The smallest absolute Gasteiger partial charge is 0.243 e. The number of nitrogens with zero attached hydrogens (tertiary/aromatic N) is 1. The molecule has 0 aromatic heterocycles. The lowest BCUT2D eigenvalue weighted by Crippen LogP contribution is -2.34. The maximum Gasteiger partial charge on any atom is 0.243 e. The molecule has 1 aromatic carbocycles. The highest BCUT2D eigenvalue weighted by molar-refractivity contribution is 7.89. The van der Waals surface area contributed by atoms with Gasteiger partial charge in [-0.15, -0.1) is 0 Å². The normalized spacial score (nSPS) is 12.1. The van der Waals surface area contributed by atoms with E-state index in [4.69, 9.17) is 5.11 Å². The van der Waals surface area contributed by atoms with Gasteiger partial charge in [-0.25, -0.2) is 12.8 Å². The molecule has 0 aliphatic carbocycles. The van der Waals surface area contributed by atoms with Crippen molar-refractivity contribution in [2.24, 2.45) is 0 Å². The van der Waals surface area contributed by atoms with E-state index in [0.717, 1.165) is 12.5 Å². The molecule has 0 saturated heterocycles. The average molecular weight is 289 g/mol. The van der Waals surface area contributed by atoms with E-state index >= 15 is 0 Å². The number of hydrogen-bond donors (Lipinski definition) is 1. The third kappa shape index (κ3) is 3.99. The van der Waals surface area contributed by atoms with Crippen molar-refractivity contribution in [3.05, 3.63) is 29.6 Å². The van der Waals surface area contributed by atoms with Crippen LogP contribution in [0, 0.1) is 12.7 Å². The molecule has 0 unspecified atom stereocenters. The maximum absolute atomic E-state index is 13.5. The SMILES string of the molecule is CCCCN(CCO)S(=O)(=O)c1ccc(C)c(F)c1. The molecule has 1 N–H and O–H groups in total. The van der Waals surface area contributed by atoms with Gasteiger partial charge in [-0.05, 0) is 31.0 Å². The predicted octanol–water partition coefficient (Wildman–Crippen LogP) is 1.92. The van der Waals surface area contributed by atoms with E-state index in [9.17, 15) is 12.8 Å². The number of aliphatic hydroxyl groups is 1. The van der Waals surface area contributed by atoms with Crippen LogP contribution in [0.3, 0.4) is 0 Å². The Bertz CT molecular complexity index is 517. The highest BCUT2D eigenvalue weighted by Crippen LogP contribution is 2.19. The van der Waals surface area contributed by atoms with Crippen molar-refractivity contribution >= 4 is 10.0 Å². The van der Waals surface area contributed by atoms with Gasteiger partial charge in [0.2, 0.25) is 10.0 Å². The van der Waals surface area contributed by atoms with E-state index in [2.05, 4.69) is 0 Å². The second-order valence-electron chi connectivity index (χ2n) is 4.39. The van der Waals surface area contributed by atoms with Gasteiger partial charge in [0.1, 0.15) is 5.82 Å². The van der Waals surface area contributed by atoms with Crippen LogP contribution in [0.2, 0.25) is 0 Å². The van der Waals surface area contributed by atoms with Crippen LogP contribution >= 0.6 is 0 Å². The first-order valence-electron chi connectivity index (χ1n) is 6.30. The lowest BCUT2D eigenvalue weighted by molar-refractivity contribution is 0.252. The highest BCUT2D eigenvalue weighted by atomic mass is 32.2. The van der Waals surface area contributed by atoms with Crippen molar-refractivity contribution in [1.29, 1.82) is 0 Å².